The number of thioether (sulfide) groups is 1. The smallest absolute Gasteiger partial charge is 0.317 e. The quantitative estimate of drug-likeness (QED) is 0.377. The third kappa shape index (κ3) is 4.28. The molecule has 0 amide bonds. The number of fused-ring (bicyclic) bond motifs is 1. The van der Waals surface area contributed by atoms with Gasteiger partial charge in [0, 0.05) is 5.56 Å². The highest BCUT2D eigenvalue weighted by atomic mass is 32.2. The third-order valence-corrected chi connectivity index (χ3v) is 4.40. The Morgan fingerprint density at radius 3 is 2.60 bits per heavy atom. The number of ketones is 1. The molecule has 3 rings (SSSR count). The van der Waals surface area contributed by atoms with Gasteiger partial charge in [0.1, 0.15) is 11.3 Å². The molecule has 0 N–H and O–H groups in total. The summed E-state index contributed by atoms with van der Waals surface area (Å²) in [5, 5.41) is 0.399. The van der Waals surface area contributed by atoms with Crippen LogP contribution in [-0.4, -0.2) is 28.6 Å². The first-order valence-electron chi connectivity index (χ1n) is 7.81. The van der Waals surface area contributed by atoms with E-state index in [-0.39, 0.29) is 11.5 Å². The topological polar surface area (TPSA) is 69.4 Å². The number of hydrogen-bond donors (Lipinski definition) is 0. The molecule has 0 radical (unpaired) electrons. The molecule has 2 aromatic carbocycles. The van der Waals surface area contributed by atoms with Crippen molar-refractivity contribution in [1.29, 1.82) is 0 Å². The van der Waals surface area contributed by atoms with Crippen LogP contribution in [0, 0.1) is 6.92 Å². The lowest BCUT2D eigenvalue weighted by Crippen LogP contribution is -2.25. The number of carbonyl (C=O) groups excluding carboxylic acids is 2. The molecule has 1 atom stereocenters. The van der Waals surface area contributed by atoms with Crippen LogP contribution in [0.2, 0.25) is 0 Å². The van der Waals surface area contributed by atoms with Gasteiger partial charge in [-0.1, -0.05) is 53.7 Å². The third-order valence-electron chi connectivity index (χ3n) is 3.60. The molecular weight excluding hydrogens is 338 g/mol. The van der Waals surface area contributed by atoms with E-state index in [9.17, 15) is 9.59 Å². The predicted octanol–water partition coefficient (Wildman–Crippen LogP) is 4.04. The highest BCUT2D eigenvalue weighted by Crippen LogP contribution is 2.23. The van der Waals surface area contributed by atoms with E-state index in [1.165, 1.54) is 0 Å². The number of rotatable bonds is 6. The Labute approximate surface area is 149 Å². The fourth-order valence-corrected chi connectivity index (χ4v) is 2.89. The van der Waals surface area contributed by atoms with Crippen molar-refractivity contribution in [2.75, 3.05) is 5.75 Å². The van der Waals surface area contributed by atoms with E-state index in [0.717, 1.165) is 22.8 Å². The van der Waals surface area contributed by atoms with Gasteiger partial charge in [0.05, 0.1) is 0 Å². The van der Waals surface area contributed by atoms with Gasteiger partial charge in [-0.3, -0.25) is 9.59 Å². The Kier molecular flexibility index (Phi) is 5.19. The van der Waals surface area contributed by atoms with Gasteiger partial charge in [0.2, 0.25) is 5.78 Å². The molecule has 0 aliphatic heterocycles. The second-order valence-corrected chi connectivity index (χ2v) is 6.53. The fourth-order valence-electron chi connectivity index (χ4n) is 2.27. The van der Waals surface area contributed by atoms with Gasteiger partial charge in [-0.05, 0) is 26.0 Å². The number of hydrogen-bond acceptors (Lipinski definition) is 6. The molecular formula is C19H17NO4S. The molecule has 0 aliphatic carbocycles. The van der Waals surface area contributed by atoms with Crippen LogP contribution in [0.5, 0.6) is 0 Å². The van der Waals surface area contributed by atoms with Gasteiger partial charge in [-0.2, -0.15) is 0 Å². The van der Waals surface area contributed by atoms with Crippen LogP contribution in [0.15, 0.2) is 58.2 Å². The van der Waals surface area contributed by atoms with Crippen molar-refractivity contribution in [2.45, 2.75) is 25.2 Å². The van der Waals surface area contributed by atoms with Crippen molar-refractivity contribution in [3.63, 3.8) is 0 Å². The van der Waals surface area contributed by atoms with Gasteiger partial charge < -0.3 is 9.15 Å². The second kappa shape index (κ2) is 7.53. The van der Waals surface area contributed by atoms with E-state index in [0.29, 0.717) is 16.4 Å². The maximum absolute atomic E-state index is 12.3. The molecule has 0 saturated heterocycles. The van der Waals surface area contributed by atoms with Crippen molar-refractivity contribution in [3.8, 4) is 0 Å². The molecule has 0 fully saturated rings. The van der Waals surface area contributed by atoms with Crippen molar-refractivity contribution in [3.05, 3.63) is 59.7 Å². The molecule has 0 bridgehead atoms. The predicted molar refractivity (Wildman–Crippen MR) is 95.8 cm³/mol. The fraction of sp³-hybridized carbons (Fsp3) is 0.211. The Morgan fingerprint density at radius 2 is 1.88 bits per heavy atom. The van der Waals surface area contributed by atoms with Crippen molar-refractivity contribution in [1.82, 2.24) is 4.98 Å². The number of carbonyl (C=O) groups is 2. The molecule has 5 nitrogen and oxygen atoms in total. The average Bonchev–Trinajstić information content (AvgIpc) is 3.03. The van der Waals surface area contributed by atoms with E-state index < -0.39 is 12.1 Å². The number of benzene rings is 2. The number of ether oxygens (including phenoxy) is 1. The largest absolute Gasteiger partial charge is 0.454 e. The van der Waals surface area contributed by atoms with Gasteiger partial charge in [-0.25, -0.2) is 4.98 Å². The van der Waals surface area contributed by atoms with Gasteiger partial charge in [0.25, 0.3) is 5.22 Å². The van der Waals surface area contributed by atoms with E-state index in [1.807, 2.05) is 43.3 Å². The lowest BCUT2D eigenvalue weighted by molar-refractivity contribution is -0.143. The summed E-state index contributed by atoms with van der Waals surface area (Å²) in [5.74, 6) is -0.682. The number of aryl methyl sites for hydroxylation is 1. The van der Waals surface area contributed by atoms with E-state index in [1.54, 1.807) is 19.1 Å². The summed E-state index contributed by atoms with van der Waals surface area (Å²) in [6.45, 7) is 3.52. The minimum Gasteiger partial charge on any atom is -0.454 e. The Bertz CT molecular complexity index is 868. The molecule has 0 unspecified atom stereocenters. The first kappa shape index (κ1) is 17.2. The number of para-hydroxylation sites is 2. The zero-order valence-electron chi connectivity index (χ0n) is 13.9. The standard InChI is InChI=1S/C19H17NO4S/c1-12-7-9-14(10-8-12)18(22)13(2)23-17(21)11-25-19-20-15-5-3-4-6-16(15)24-19/h3-10,13H,11H2,1-2H3/t13-/m1/s1. The lowest BCUT2D eigenvalue weighted by atomic mass is 10.1. The molecule has 0 aliphatic rings. The van der Waals surface area contributed by atoms with Crippen LogP contribution in [0.3, 0.4) is 0 Å². The van der Waals surface area contributed by atoms with E-state index in [2.05, 4.69) is 4.98 Å². The maximum Gasteiger partial charge on any atom is 0.317 e. The molecule has 0 saturated carbocycles. The molecule has 0 spiro atoms. The SMILES string of the molecule is Cc1ccc(C(=O)[C@@H](C)OC(=O)CSc2nc3ccccc3o2)cc1. The highest BCUT2D eigenvalue weighted by molar-refractivity contribution is 7.99. The monoisotopic (exact) mass is 355 g/mol. The summed E-state index contributed by atoms with van der Waals surface area (Å²) in [4.78, 5) is 28.5. The number of aromatic nitrogens is 1. The number of esters is 1. The number of Topliss-reactive ketones (excluding diaryl/α,β-unsaturated/α-hetero) is 1. The number of oxazole rings is 1. The van der Waals surface area contributed by atoms with Crippen molar-refractivity contribution in [2.24, 2.45) is 0 Å². The van der Waals surface area contributed by atoms with E-state index >= 15 is 0 Å². The van der Waals surface area contributed by atoms with Gasteiger partial charge >= 0.3 is 5.97 Å². The first-order chi connectivity index (χ1) is 12.0. The Balaban J connectivity index is 1.54. The maximum atomic E-state index is 12.3. The van der Waals surface area contributed by atoms with Crippen LogP contribution < -0.4 is 0 Å². The zero-order valence-corrected chi connectivity index (χ0v) is 14.7. The summed E-state index contributed by atoms with van der Waals surface area (Å²) in [7, 11) is 0. The minimum atomic E-state index is -0.834. The molecule has 25 heavy (non-hydrogen) atoms. The average molecular weight is 355 g/mol. The van der Waals surface area contributed by atoms with Crippen molar-refractivity contribution < 1.29 is 18.7 Å². The molecule has 3 aromatic rings. The highest BCUT2D eigenvalue weighted by Gasteiger charge is 2.20. The summed E-state index contributed by atoms with van der Waals surface area (Å²) in [6, 6.07) is 14.5. The van der Waals surface area contributed by atoms with Crippen LogP contribution >= 0.6 is 11.8 Å². The van der Waals surface area contributed by atoms with Crippen LogP contribution in [0.25, 0.3) is 11.1 Å². The number of nitrogens with zero attached hydrogens (tertiary/aromatic N) is 1. The summed E-state index contributed by atoms with van der Waals surface area (Å²) in [6.07, 6.45) is -0.834. The first-order valence-corrected chi connectivity index (χ1v) is 8.80. The normalized spacial score (nSPS) is 12.1. The van der Waals surface area contributed by atoms with Crippen LogP contribution in [0.4, 0.5) is 0 Å². The van der Waals surface area contributed by atoms with Gasteiger partial charge in [-0.15, -0.1) is 0 Å². The molecule has 1 heterocycles. The molecule has 6 heteroatoms. The summed E-state index contributed by atoms with van der Waals surface area (Å²) >= 11 is 1.14. The zero-order chi connectivity index (χ0) is 17.8. The minimum absolute atomic E-state index is 0.0261. The summed E-state index contributed by atoms with van der Waals surface area (Å²) in [5.41, 5.74) is 3.00. The van der Waals surface area contributed by atoms with Crippen molar-refractivity contribution >= 4 is 34.6 Å². The molecule has 128 valence electrons. The second-order valence-electron chi connectivity index (χ2n) is 5.60. The lowest BCUT2D eigenvalue weighted by Gasteiger charge is -2.12. The van der Waals surface area contributed by atoms with Crippen LogP contribution in [0.1, 0.15) is 22.8 Å². The molecule has 1 aromatic heterocycles. The Hall–Kier alpha value is -2.60. The summed E-state index contributed by atoms with van der Waals surface area (Å²) < 4.78 is 10.7. The van der Waals surface area contributed by atoms with Gasteiger partial charge in [0.15, 0.2) is 11.7 Å². The van der Waals surface area contributed by atoms with E-state index in [4.69, 9.17) is 9.15 Å². The van der Waals surface area contributed by atoms with Crippen LogP contribution in [-0.2, 0) is 9.53 Å². The Morgan fingerprint density at radius 1 is 1.16 bits per heavy atom.